The van der Waals surface area contributed by atoms with E-state index in [2.05, 4.69) is 10.0 Å². The Hall–Kier alpha value is -1.59. The second-order valence-electron chi connectivity index (χ2n) is 4.86. The Morgan fingerprint density at radius 1 is 1.47 bits per heavy atom. The highest BCUT2D eigenvalue weighted by Crippen LogP contribution is 2.31. The largest absolute Gasteiger partial charge is 0.388 e. The highest BCUT2D eigenvalue weighted by molar-refractivity contribution is 5.20. The molecular formula is C13H17N3O3. The van der Waals surface area contributed by atoms with Gasteiger partial charge in [0.25, 0.3) is 0 Å². The number of nitrogens with zero attached hydrogens (tertiary/aromatic N) is 3. The molecule has 0 spiro atoms. The Labute approximate surface area is 111 Å². The first-order valence-corrected chi connectivity index (χ1v) is 6.18. The lowest BCUT2D eigenvalue weighted by molar-refractivity contribution is -0.186. The molecule has 2 N–H and O–H groups in total. The van der Waals surface area contributed by atoms with Crippen molar-refractivity contribution in [2.45, 2.75) is 37.2 Å². The van der Waals surface area contributed by atoms with E-state index >= 15 is 0 Å². The highest BCUT2D eigenvalue weighted by atomic mass is 16.5. The van der Waals surface area contributed by atoms with E-state index in [0.29, 0.717) is 0 Å². The maximum Gasteiger partial charge on any atom is 0.108 e. The molecule has 4 atom stereocenters. The monoisotopic (exact) mass is 263 g/mol. The average molecular weight is 263 g/mol. The molecule has 0 amide bonds. The number of ether oxygens (including phenoxy) is 1. The fraction of sp³-hybridized carbons (Fsp3) is 0.538. The second kappa shape index (κ2) is 5.59. The number of hydrogen-bond donors (Lipinski definition) is 2. The van der Waals surface area contributed by atoms with E-state index in [4.69, 9.17) is 10.3 Å². The lowest BCUT2D eigenvalue weighted by atomic mass is 9.79. The molecule has 19 heavy (non-hydrogen) atoms. The van der Waals surface area contributed by atoms with Crippen LogP contribution in [0, 0.1) is 0 Å². The summed E-state index contributed by atoms with van der Waals surface area (Å²) in [7, 11) is 0. The summed E-state index contributed by atoms with van der Waals surface area (Å²) in [6.07, 6.45) is -1.31. The third-order valence-electron chi connectivity index (χ3n) is 3.56. The Balaban J connectivity index is 2.32. The van der Waals surface area contributed by atoms with Crippen molar-refractivity contribution in [1.29, 1.82) is 0 Å². The number of hydrogen-bond acceptors (Lipinski definition) is 4. The second-order valence-corrected chi connectivity index (χ2v) is 4.86. The van der Waals surface area contributed by atoms with E-state index in [-0.39, 0.29) is 13.0 Å². The zero-order chi connectivity index (χ0) is 13.9. The summed E-state index contributed by atoms with van der Waals surface area (Å²) < 4.78 is 5.31. The van der Waals surface area contributed by atoms with Gasteiger partial charge in [-0.3, -0.25) is 0 Å². The van der Waals surface area contributed by atoms with Crippen LogP contribution < -0.4 is 0 Å². The molecule has 1 aliphatic rings. The Bertz CT molecular complexity index is 475. The van der Waals surface area contributed by atoms with Gasteiger partial charge in [0, 0.05) is 11.3 Å². The fourth-order valence-corrected chi connectivity index (χ4v) is 2.48. The van der Waals surface area contributed by atoms with E-state index in [1.165, 1.54) is 0 Å². The van der Waals surface area contributed by atoms with Crippen LogP contribution in [0.15, 0.2) is 35.4 Å². The minimum absolute atomic E-state index is 0.0297. The third kappa shape index (κ3) is 2.72. The molecule has 1 aliphatic heterocycles. The van der Waals surface area contributed by atoms with Crippen LogP contribution in [0.4, 0.5) is 0 Å². The summed E-state index contributed by atoms with van der Waals surface area (Å²) in [6, 6.07) is 8.49. The standard InChI is InChI=1S/C13H17N3O3/c1-9-12(15-16-14)13(18,11(17)8-19-9)7-10-5-3-2-4-6-10/h2-6,9,11-12,17-18H,7-8H2,1H3/t9-,11-,12-,13-/m1/s1. The molecule has 0 aliphatic carbocycles. The quantitative estimate of drug-likeness (QED) is 0.490. The molecule has 1 aromatic rings. The lowest BCUT2D eigenvalue weighted by Gasteiger charge is -2.44. The van der Waals surface area contributed by atoms with Gasteiger partial charge < -0.3 is 14.9 Å². The number of benzene rings is 1. The molecular weight excluding hydrogens is 246 g/mol. The molecule has 6 nitrogen and oxygen atoms in total. The van der Waals surface area contributed by atoms with Gasteiger partial charge in [0.05, 0.1) is 18.8 Å². The number of azide groups is 1. The van der Waals surface area contributed by atoms with Crippen molar-refractivity contribution in [3.05, 3.63) is 46.3 Å². The first-order chi connectivity index (χ1) is 9.08. The van der Waals surface area contributed by atoms with E-state index in [1.807, 2.05) is 30.3 Å². The van der Waals surface area contributed by atoms with Crippen LogP contribution in [-0.4, -0.2) is 40.7 Å². The van der Waals surface area contributed by atoms with Gasteiger partial charge in [-0.05, 0) is 18.0 Å². The van der Waals surface area contributed by atoms with E-state index < -0.39 is 23.9 Å². The SMILES string of the molecule is C[C@H]1OC[C@@H](O)[C@](O)(Cc2ccccc2)[C@@H]1N=[N+]=[N-]. The minimum atomic E-state index is -1.51. The summed E-state index contributed by atoms with van der Waals surface area (Å²) in [6.45, 7) is 1.75. The first kappa shape index (κ1) is 13.8. The molecule has 1 fully saturated rings. The van der Waals surface area contributed by atoms with Gasteiger partial charge in [-0.1, -0.05) is 35.4 Å². The number of aliphatic hydroxyl groups excluding tert-OH is 1. The predicted molar refractivity (Wildman–Crippen MR) is 69.5 cm³/mol. The smallest absolute Gasteiger partial charge is 0.108 e. The fourth-order valence-electron chi connectivity index (χ4n) is 2.48. The van der Waals surface area contributed by atoms with E-state index in [0.717, 1.165) is 5.56 Å². The maximum atomic E-state index is 10.8. The van der Waals surface area contributed by atoms with Gasteiger partial charge in [0.1, 0.15) is 11.7 Å². The summed E-state index contributed by atoms with van der Waals surface area (Å²) in [5.74, 6) is 0. The van der Waals surface area contributed by atoms with Crippen LogP contribution in [-0.2, 0) is 11.2 Å². The van der Waals surface area contributed by atoms with Crippen LogP contribution in [0.3, 0.4) is 0 Å². The average Bonchev–Trinajstić information content (AvgIpc) is 2.41. The highest BCUT2D eigenvalue weighted by Gasteiger charge is 2.49. The summed E-state index contributed by atoms with van der Waals surface area (Å²) in [4.78, 5) is 2.76. The Morgan fingerprint density at radius 3 is 2.79 bits per heavy atom. The molecule has 1 saturated heterocycles. The zero-order valence-electron chi connectivity index (χ0n) is 10.7. The van der Waals surface area contributed by atoms with Crippen LogP contribution in [0.25, 0.3) is 10.4 Å². The van der Waals surface area contributed by atoms with Crippen LogP contribution in [0.1, 0.15) is 12.5 Å². The van der Waals surface area contributed by atoms with E-state index in [9.17, 15) is 10.2 Å². The van der Waals surface area contributed by atoms with E-state index in [1.54, 1.807) is 6.92 Å². The molecule has 0 aromatic heterocycles. The summed E-state index contributed by atoms with van der Waals surface area (Å²) >= 11 is 0. The molecule has 0 bridgehead atoms. The third-order valence-corrected chi connectivity index (χ3v) is 3.56. The van der Waals surface area contributed by atoms with Crippen LogP contribution >= 0.6 is 0 Å². The van der Waals surface area contributed by atoms with Crippen molar-refractivity contribution in [2.75, 3.05) is 6.61 Å². The van der Waals surface area contributed by atoms with Crippen molar-refractivity contribution in [1.82, 2.24) is 0 Å². The first-order valence-electron chi connectivity index (χ1n) is 6.18. The predicted octanol–water partition coefficient (Wildman–Crippen LogP) is 1.42. The Kier molecular flexibility index (Phi) is 4.07. The molecule has 1 heterocycles. The summed E-state index contributed by atoms with van der Waals surface area (Å²) in [5, 5.41) is 24.4. The molecule has 0 unspecified atom stereocenters. The van der Waals surface area contributed by atoms with Crippen molar-refractivity contribution in [2.24, 2.45) is 5.11 Å². The zero-order valence-corrected chi connectivity index (χ0v) is 10.7. The van der Waals surface area contributed by atoms with Crippen molar-refractivity contribution >= 4 is 0 Å². The molecule has 6 heteroatoms. The van der Waals surface area contributed by atoms with Gasteiger partial charge >= 0.3 is 0 Å². The topological polar surface area (TPSA) is 98.5 Å². The van der Waals surface area contributed by atoms with Crippen molar-refractivity contribution in [3.8, 4) is 0 Å². The molecule has 0 saturated carbocycles. The van der Waals surface area contributed by atoms with Crippen LogP contribution in [0.2, 0.25) is 0 Å². The number of rotatable bonds is 3. The Morgan fingerprint density at radius 2 is 2.16 bits per heavy atom. The minimum Gasteiger partial charge on any atom is -0.388 e. The van der Waals surface area contributed by atoms with Crippen molar-refractivity contribution < 1.29 is 14.9 Å². The van der Waals surface area contributed by atoms with Crippen molar-refractivity contribution in [3.63, 3.8) is 0 Å². The van der Waals surface area contributed by atoms with Gasteiger partial charge in [-0.25, -0.2) is 0 Å². The molecule has 102 valence electrons. The molecule has 1 aromatic carbocycles. The number of aliphatic hydroxyl groups is 2. The van der Waals surface area contributed by atoms with Gasteiger partial charge in [-0.15, -0.1) is 0 Å². The maximum absolute atomic E-state index is 10.8. The lowest BCUT2D eigenvalue weighted by Crippen LogP contribution is -2.62. The normalized spacial score (nSPS) is 34.6. The van der Waals surface area contributed by atoms with Crippen LogP contribution in [0.5, 0.6) is 0 Å². The molecule has 0 radical (unpaired) electrons. The summed E-state index contributed by atoms with van der Waals surface area (Å²) in [5.41, 5.74) is 7.99. The van der Waals surface area contributed by atoms with Gasteiger partial charge in [0.2, 0.25) is 0 Å². The van der Waals surface area contributed by atoms with Gasteiger partial charge in [0.15, 0.2) is 0 Å². The van der Waals surface area contributed by atoms with Gasteiger partial charge in [-0.2, -0.15) is 0 Å². The molecule has 2 rings (SSSR count).